The number of anilines is 1. The van der Waals surface area contributed by atoms with Crippen molar-refractivity contribution in [3.63, 3.8) is 0 Å². The van der Waals surface area contributed by atoms with E-state index in [1.807, 2.05) is 50.2 Å². The van der Waals surface area contributed by atoms with Crippen molar-refractivity contribution in [3.05, 3.63) is 60.2 Å². The Morgan fingerprint density at radius 3 is 2.43 bits per heavy atom. The van der Waals surface area contributed by atoms with Gasteiger partial charge in [-0.25, -0.2) is 0 Å². The molecular formula is C23H31N3O2. The van der Waals surface area contributed by atoms with E-state index in [2.05, 4.69) is 33.3 Å². The summed E-state index contributed by atoms with van der Waals surface area (Å²) in [5.41, 5.74) is 2.39. The molecule has 0 saturated carbocycles. The summed E-state index contributed by atoms with van der Waals surface area (Å²) in [7, 11) is 0. The van der Waals surface area contributed by atoms with Crippen molar-refractivity contribution in [2.45, 2.75) is 26.3 Å². The number of carbonyl (C=O) groups excluding carboxylic acids is 1. The monoisotopic (exact) mass is 381 g/mol. The summed E-state index contributed by atoms with van der Waals surface area (Å²) in [4.78, 5) is 17.1. The fraction of sp³-hybridized carbons (Fsp3) is 0.435. The van der Waals surface area contributed by atoms with E-state index in [0.717, 1.165) is 44.0 Å². The Bertz CT molecular complexity index is 743. The standard InChI is InChI=1S/C23H31N3O2/c1-3-28-22-12-8-7-11-21(22)26-17-15-25(16-18-26)19(2)23(27)24-14-13-20-9-5-4-6-10-20/h4-12,19H,3,13-18H2,1-2H3,(H,24,27)/t19-/m1/s1. The molecule has 1 aliphatic rings. The lowest BCUT2D eigenvalue weighted by Gasteiger charge is -2.39. The van der Waals surface area contributed by atoms with E-state index >= 15 is 0 Å². The van der Waals surface area contributed by atoms with Gasteiger partial charge in [-0.05, 0) is 38.0 Å². The number of rotatable bonds is 8. The van der Waals surface area contributed by atoms with Gasteiger partial charge in [0.1, 0.15) is 5.75 Å². The lowest BCUT2D eigenvalue weighted by Crippen LogP contribution is -2.54. The molecule has 1 saturated heterocycles. The van der Waals surface area contributed by atoms with E-state index in [9.17, 15) is 4.79 Å². The molecule has 5 heteroatoms. The van der Waals surface area contributed by atoms with Gasteiger partial charge in [-0.3, -0.25) is 9.69 Å². The van der Waals surface area contributed by atoms with Crippen LogP contribution in [0.4, 0.5) is 5.69 Å². The third-order valence-corrected chi connectivity index (χ3v) is 5.30. The minimum Gasteiger partial charge on any atom is -0.492 e. The molecular weight excluding hydrogens is 350 g/mol. The van der Waals surface area contributed by atoms with Crippen LogP contribution in [-0.4, -0.2) is 56.2 Å². The summed E-state index contributed by atoms with van der Waals surface area (Å²) in [6.45, 7) is 8.87. The number of nitrogens with one attached hydrogen (secondary N) is 1. The summed E-state index contributed by atoms with van der Waals surface area (Å²) in [5.74, 6) is 1.05. The van der Waals surface area contributed by atoms with E-state index in [1.165, 1.54) is 5.56 Å². The van der Waals surface area contributed by atoms with Crippen LogP contribution in [0.3, 0.4) is 0 Å². The highest BCUT2D eigenvalue weighted by Gasteiger charge is 2.26. The fourth-order valence-corrected chi connectivity index (χ4v) is 3.63. The largest absolute Gasteiger partial charge is 0.492 e. The molecule has 1 N–H and O–H groups in total. The Hall–Kier alpha value is -2.53. The summed E-state index contributed by atoms with van der Waals surface area (Å²) in [6, 6.07) is 18.3. The molecule has 28 heavy (non-hydrogen) atoms. The minimum atomic E-state index is -0.111. The molecule has 1 fully saturated rings. The van der Waals surface area contributed by atoms with Gasteiger partial charge in [-0.1, -0.05) is 42.5 Å². The molecule has 0 radical (unpaired) electrons. The van der Waals surface area contributed by atoms with Crippen molar-refractivity contribution in [1.29, 1.82) is 0 Å². The maximum absolute atomic E-state index is 12.5. The maximum atomic E-state index is 12.5. The number of benzene rings is 2. The highest BCUT2D eigenvalue weighted by atomic mass is 16.5. The zero-order chi connectivity index (χ0) is 19.8. The van der Waals surface area contributed by atoms with Gasteiger partial charge in [0.25, 0.3) is 0 Å². The number of para-hydroxylation sites is 2. The van der Waals surface area contributed by atoms with E-state index in [4.69, 9.17) is 4.74 Å². The average Bonchev–Trinajstić information content (AvgIpc) is 2.75. The van der Waals surface area contributed by atoms with Crippen LogP contribution < -0.4 is 15.0 Å². The molecule has 150 valence electrons. The van der Waals surface area contributed by atoms with Gasteiger partial charge in [0, 0.05) is 32.7 Å². The fourth-order valence-electron chi connectivity index (χ4n) is 3.63. The van der Waals surface area contributed by atoms with Gasteiger partial charge in [0.05, 0.1) is 18.3 Å². The Labute approximate surface area is 168 Å². The summed E-state index contributed by atoms with van der Waals surface area (Å²) >= 11 is 0. The predicted molar refractivity (Wildman–Crippen MR) is 114 cm³/mol. The van der Waals surface area contributed by atoms with Crippen LogP contribution in [0.25, 0.3) is 0 Å². The zero-order valence-electron chi connectivity index (χ0n) is 16.9. The first kappa shape index (κ1) is 20.2. The number of ether oxygens (including phenoxy) is 1. The van der Waals surface area contributed by atoms with Gasteiger partial charge in [-0.15, -0.1) is 0 Å². The second kappa shape index (κ2) is 10.1. The van der Waals surface area contributed by atoms with Gasteiger partial charge in [0.2, 0.25) is 5.91 Å². The number of hydrogen-bond acceptors (Lipinski definition) is 4. The number of carbonyl (C=O) groups is 1. The molecule has 1 amide bonds. The highest BCUT2D eigenvalue weighted by Crippen LogP contribution is 2.29. The zero-order valence-corrected chi connectivity index (χ0v) is 16.9. The van der Waals surface area contributed by atoms with Crippen LogP contribution in [0, 0.1) is 0 Å². The van der Waals surface area contributed by atoms with E-state index in [1.54, 1.807) is 0 Å². The number of nitrogens with zero attached hydrogens (tertiary/aromatic N) is 2. The molecule has 2 aromatic rings. The van der Waals surface area contributed by atoms with Crippen LogP contribution in [-0.2, 0) is 11.2 Å². The predicted octanol–water partition coefficient (Wildman–Crippen LogP) is 2.95. The first-order chi connectivity index (χ1) is 13.7. The van der Waals surface area contributed by atoms with E-state index in [-0.39, 0.29) is 11.9 Å². The average molecular weight is 382 g/mol. The Balaban J connectivity index is 1.47. The Morgan fingerprint density at radius 1 is 1.04 bits per heavy atom. The topological polar surface area (TPSA) is 44.8 Å². The molecule has 5 nitrogen and oxygen atoms in total. The third kappa shape index (κ3) is 5.26. The molecule has 0 aliphatic carbocycles. The molecule has 1 aliphatic heterocycles. The highest BCUT2D eigenvalue weighted by molar-refractivity contribution is 5.81. The van der Waals surface area contributed by atoms with E-state index < -0.39 is 0 Å². The second-order valence-electron chi connectivity index (χ2n) is 7.13. The molecule has 0 unspecified atom stereocenters. The molecule has 0 spiro atoms. The van der Waals surface area contributed by atoms with Gasteiger partial charge >= 0.3 is 0 Å². The smallest absolute Gasteiger partial charge is 0.237 e. The van der Waals surface area contributed by atoms with Crippen LogP contribution in [0.5, 0.6) is 5.75 Å². The maximum Gasteiger partial charge on any atom is 0.237 e. The summed E-state index contributed by atoms with van der Waals surface area (Å²) in [5, 5.41) is 3.08. The van der Waals surface area contributed by atoms with E-state index in [0.29, 0.717) is 13.2 Å². The summed E-state index contributed by atoms with van der Waals surface area (Å²) < 4.78 is 5.76. The van der Waals surface area contributed by atoms with Crippen molar-refractivity contribution >= 4 is 11.6 Å². The SMILES string of the molecule is CCOc1ccccc1N1CCN([C@H](C)C(=O)NCCc2ccccc2)CC1. The van der Waals surface area contributed by atoms with Crippen molar-refractivity contribution in [1.82, 2.24) is 10.2 Å². The second-order valence-corrected chi connectivity index (χ2v) is 7.13. The number of amides is 1. The lowest BCUT2D eigenvalue weighted by atomic mass is 10.1. The van der Waals surface area contributed by atoms with Crippen molar-refractivity contribution in [3.8, 4) is 5.75 Å². The van der Waals surface area contributed by atoms with Gasteiger partial charge in [0.15, 0.2) is 0 Å². The van der Waals surface area contributed by atoms with Crippen molar-refractivity contribution in [2.75, 3.05) is 44.2 Å². The Kier molecular flexibility index (Phi) is 7.31. The van der Waals surface area contributed by atoms with Crippen molar-refractivity contribution < 1.29 is 9.53 Å². The van der Waals surface area contributed by atoms with Crippen LogP contribution >= 0.6 is 0 Å². The quantitative estimate of drug-likeness (QED) is 0.764. The first-order valence-corrected chi connectivity index (χ1v) is 10.2. The molecule has 2 aromatic carbocycles. The number of piperazine rings is 1. The number of hydrogen-bond donors (Lipinski definition) is 1. The van der Waals surface area contributed by atoms with Crippen LogP contribution in [0.2, 0.25) is 0 Å². The van der Waals surface area contributed by atoms with Gasteiger partial charge < -0.3 is 15.0 Å². The van der Waals surface area contributed by atoms with Gasteiger partial charge in [-0.2, -0.15) is 0 Å². The first-order valence-electron chi connectivity index (χ1n) is 10.2. The lowest BCUT2D eigenvalue weighted by molar-refractivity contribution is -0.125. The molecule has 1 heterocycles. The molecule has 3 rings (SSSR count). The van der Waals surface area contributed by atoms with Crippen LogP contribution in [0.1, 0.15) is 19.4 Å². The summed E-state index contributed by atoms with van der Waals surface area (Å²) in [6.07, 6.45) is 0.862. The Morgan fingerprint density at radius 2 is 1.71 bits per heavy atom. The van der Waals surface area contributed by atoms with Crippen molar-refractivity contribution in [2.24, 2.45) is 0 Å². The minimum absolute atomic E-state index is 0.110. The molecule has 1 atom stereocenters. The molecule has 0 aromatic heterocycles. The van der Waals surface area contributed by atoms with Crippen LogP contribution in [0.15, 0.2) is 54.6 Å². The normalized spacial score (nSPS) is 15.9. The molecule has 0 bridgehead atoms. The third-order valence-electron chi connectivity index (χ3n) is 5.30.